The van der Waals surface area contributed by atoms with Gasteiger partial charge < -0.3 is 25.1 Å². The summed E-state index contributed by atoms with van der Waals surface area (Å²) in [7, 11) is 1.71. The van der Waals surface area contributed by atoms with Crippen LogP contribution in [0.4, 0.5) is 0 Å². The molecule has 3 atom stereocenters. The van der Waals surface area contributed by atoms with Gasteiger partial charge in [-0.1, -0.05) is 75.4 Å². The molecule has 2 fully saturated rings. The third-order valence-electron chi connectivity index (χ3n) is 8.17. The number of hydrogen-bond donors (Lipinski definition) is 2. The Bertz CT molecular complexity index is 1270. The van der Waals surface area contributed by atoms with E-state index in [1.807, 2.05) is 66.0 Å². The number of nitrogens with one attached hydrogen (secondary N) is 2. The van der Waals surface area contributed by atoms with Crippen molar-refractivity contribution in [2.24, 2.45) is 5.41 Å². The van der Waals surface area contributed by atoms with E-state index in [-0.39, 0.29) is 17.4 Å². The Morgan fingerprint density at radius 2 is 1.53 bits per heavy atom. The molecule has 43 heavy (non-hydrogen) atoms. The number of benzene rings is 2. The van der Waals surface area contributed by atoms with E-state index in [1.165, 1.54) is 0 Å². The number of carbonyl (C=O) groups is 4. The fraction of sp³-hybridized carbons (Fsp3) is 0.529. The highest BCUT2D eigenvalue weighted by Gasteiger charge is 2.53. The largest absolute Gasteiger partial charge is 0.379 e. The lowest BCUT2D eigenvalue weighted by Crippen LogP contribution is -2.57. The van der Waals surface area contributed by atoms with Crippen LogP contribution in [-0.2, 0) is 28.7 Å². The van der Waals surface area contributed by atoms with Gasteiger partial charge in [0.05, 0.1) is 15.9 Å². The van der Waals surface area contributed by atoms with E-state index in [0.717, 1.165) is 23.0 Å². The zero-order valence-corrected chi connectivity index (χ0v) is 27.5. The molecule has 0 spiro atoms. The van der Waals surface area contributed by atoms with Gasteiger partial charge in [0.25, 0.3) is 0 Å². The van der Waals surface area contributed by atoms with Crippen LogP contribution in [0.5, 0.6) is 0 Å². The molecule has 234 valence electrons. The van der Waals surface area contributed by atoms with Gasteiger partial charge >= 0.3 is 0 Å². The Kier molecular flexibility index (Phi) is 10.9. The second-order valence-electron chi connectivity index (χ2n) is 13.5. The number of carbonyl (C=O) groups excluding carboxylic acids is 4. The molecular formula is C34H47N3O5S. The summed E-state index contributed by atoms with van der Waals surface area (Å²) in [6, 6.07) is 16.8. The average Bonchev–Trinajstić information content (AvgIpc) is 3.64. The molecule has 3 amide bonds. The van der Waals surface area contributed by atoms with Gasteiger partial charge in [-0.25, -0.2) is 0 Å². The molecule has 1 heterocycles. The summed E-state index contributed by atoms with van der Waals surface area (Å²) in [6.07, 6.45) is 4.94. The Balaban J connectivity index is 0.000000765. The Labute approximate surface area is 260 Å². The van der Waals surface area contributed by atoms with Gasteiger partial charge in [-0.2, -0.15) is 11.8 Å². The first kappa shape index (κ1) is 34.3. The van der Waals surface area contributed by atoms with Crippen LogP contribution < -0.4 is 10.6 Å². The summed E-state index contributed by atoms with van der Waals surface area (Å²) in [6.45, 7) is 12.0. The van der Waals surface area contributed by atoms with Crippen molar-refractivity contribution >= 4 is 36.3 Å². The molecule has 1 saturated heterocycles. The van der Waals surface area contributed by atoms with Crippen LogP contribution in [-0.4, -0.2) is 72.5 Å². The highest BCUT2D eigenvalue weighted by Crippen LogP contribution is 2.47. The summed E-state index contributed by atoms with van der Waals surface area (Å²) in [5, 5.41) is 5.57. The highest BCUT2D eigenvalue weighted by molar-refractivity contribution is 7.99. The van der Waals surface area contributed by atoms with Gasteiger partial charge in [-0.15, -0.1) is 0 Å². The van der Waals surface area contributed by atoms with Crippen LogP contribution >= 0.6 is 11.8 Å². The number of likely N-dealkylation sites (tertiary alicyclic amines) is 1. The minimum absolute atomic E-state index is 0.0417. The lowest BCUT2D eigenvalue weighted by atomic mass is 9.85. The average molecular weight is 610 g/mol. The predicted molar refractivity (Wildman–Crippen MR) is 173 cm³/mol. The number of hydrogen-bond acceptors (Lipinski definition) is 6. The van der Waals surface area contributed by atoms with Crippen molar-refractivity contribution in [2.75, 3.05) is 19.9 Å². The Morgan fingerprint density at radius 1 is 0.977 bits per heavy atom. The van der Waals surface area contributed by atoms with Crippen molar-refractivity contribution in [3.63, 3.8) is 0 Å². The quantitative estimate of drug-likeness (QED) is 0.390. The number of nitrogens with zero attached hydrogens (tertiary/aromatic N) is 1. The van der Waals surface area contributed by atoms with E-state index in [2.05, 4.69) is 47.0 Å². The van der Waals surface area contributed by atoms with Crippen LogP contribution in [0.3, 0.4) is 0 Å². The SMILES string of the molecule is COC(C)(C)C.CS[C@@]1(c2ccc(-c3ccccc3)cc2)CC(C(=O)NC2(C=O)CC2)N(C(=O)[C@@H](NC=O)C(C)(C)C)C1. The van der Waals surface area contributed by atoms with Crippen LogP contribution in [0.2, 0.25) is 0 Å². The number of methoxy groups -OCH3 is 1. The van der Waals surface area contributed by atoms with Gasteiger partial charge in [0.1, 0.15) is 18.4 Å². The molecule has 4 rings (SSSR count). The maximum absolute atomic E-state index is 13.9. The Hall–Kier alpha value is -3.17. The molecule has 9 heteroatoms. The second-order valence-corrected chi connectivity index (χ2v) is 14.7. The molecule has 1 unspecified atom stereocenters. The third-order valence-corrected chi connectivity index (χ3v) is 9.48. The lowest BCUT2D eigenvalue weighted by molar-refractivity contribution is -0.143. The molecule has 1 aliphatic carbocycles. The number of ether oxygens (including phenoxy) is 1. The highest BCUT2D eigenvalue weighted by atomic mass is 32.2. The maximum Gasteiger partial charge on any atom is 0.246 e. The molecule has 0 bridgehead atoms. The van der Waals surface area contributed by atoms with E-state index < -0.39 is 27.8 Å². The van der Waals surface area contributed by atoms with E-state index in [0.29, 0.717) is 32.2 Å². The first-order valence-electron chi connectivity index (χ1n) is 14.7. The van der Waals surface area contributed by atoms with Gasteiger partial charge in [0.2, 0.25) is 18.2 Å². The standard InChI is InChI=1S/C29H35N3O4S.C5H12O/c1-27(2,3)24(30-19-34)26(36)32-17-29(37-4,16-23(32)25(35)31-28(18-33)14-15-28)22-12-10-21(11-13-22)20-8-6-5-7-9-20;1-5(2,3)6-4/h5-13,18-19,23-24H,14-17H2,1-4H3,(H,30,34)(H,31,35);1-4H3/t23?,24-,29+;/m1./s1. The number of amides is 3. The zero-order chi connectivity index (χ0) is 32.1. The molecule has 1 aliphatic heterocycles. The van der Waals surface area contributed by atoms with Crippen LogP contribution in [0.25, 0.3) is 11.1 Å². The summed E-state index contributed by atoms with van der Waals surface area (Å²) in [5.74, 6) is -0.624. The van der Waals surface area contributed by atoms with Gasteiger partial charge in [-0.05, 0) is 68.4 Å². The summed E-state index contributed by atoms with van der Waals surface area (Å²) in [5.41, 5.74) is 1.90. The monoisotopic (exact) mass is 609 g/mol. The third kappa shape index (κ3) is 8.48. The minimum Gasteiger partial charge on any atom is -0.379 e. The van der Waals surface area contributed by atoms with E-state index >= 15 is 0 Å². The smallest absolute Gasteiger partial charge is 0.246 e. The number of thioether (sulfide) groups is 1. The first-order chi connectivity index (χ1) is 20.1. The predicted octanol–water partition coefficient (Wildman–Crippen LogP) is 4.95. The van der Waals surface area contributed by atoms with Crippen molar-refractivity contribution in [3.05, 3.63) is 60.2 Å². The fourth-order valence-corrected chi connectivity index (χ4v) is 6.04. The van der Waals surface area contributed by atoms with Crippen LogP contribution in [0, 0.1) is 5.41 Å². The van der Waals surface area contributed by atoms with Gasteiger partial charge in [0, 0.05) is 13.7 Å². The van der Waals surface area contributed by atoms with Crippen LogP contribution in [0.1, 0.15) is 66.4 Å². The molecule has 2 aromatic rings. The molecule has 2 aliphatic rings. The van der Waals surface area contributed by atoms with Crippen molar-refractivity contribution in [1.29, 1.82) is 0 Å². The summed E-state index contributed by atoms with van der Waals surface area (Å²) < 4.78 is 4.42. The summed E-state index contributed by atoms with van der Waals surface area (Å²) >= 11 is 1.62. The minimum atomic E-state index is -0.821. The molecule has 1 saturated carbocycles. The molecule has 2 aromatic carbocycles. The molecule has 8 nitrogen and oxygen atoms in total. The fourth-order valence-electron chi connectivity index (χ4n) is 5.07. The van der Waals surface area contributed by atoms with Crippen LogP contribution in [0.15, 0.2) is 54.6 Å². The second kappa shape index (κ2) is 13.6. The molecule has 0 aromatic heterocycles. The van der Waals surface area contributed by atoms with Crippen molar-refractivity contribution < 1.29 is 23.9 Å². The van der Waals surface area contributed by atoms with Gasteiger partial charge in [0.15, 0.2) is 0 Å². The normalized spacial score (nSPS) is 21.6. The summed E-state index contributed by atoms with van der Waals surface area (Å²) in [4.78, 5) is 52.0. The van der Waals surface area contributed by atoms with Crippen molar-refractivity contribution in [2.45, 2.75) is 88.8 Å². The van der Waals surface area contributed by atoms with Gasteiger partial charge in [-0.3, -0.25) is 14.4 Å². The van der Waals surface area contributed by atoms with Crippen molar-refractivity contribution in [1.82, 2.24) is 15.5 Å². The van der Waals surface area contributed by atoms with Crippen molar-refractivity contribution in [3.8, 4) is 11.1 Å². The maximum atomic E-state index is 13.9. The Morgan fingerprint density at radius 3 is 1.98 bits per heavy atom. The lowest BCUT2D eigenvalue weighted by Gasteiger charge is -2.35. The molecule has 0 radical (unpaired) electrons. The number of rotatable bonds is 9. The molecule has 2 N–H and O–H groups in total. The number of aldehydes is 1. The molecular weight excluding hydrogens is 562 g/mol. The van der Waals surface area contributed by atoms with E-state index in [9.17, 15) is 19.2 Å². The van der Waals surface area contributed by atoms with E-state index in [1.54, 1.807) is 23.8 Å². The van der Waals surface area contributed by atoms with E-state index in [4.69, 9.17) is 4.74 Å². The first-order valence-corrected chi connectivity index (χ1v) is 15.9. The zero-order valence-electron chi connectivity index (χ0n) is 26.7. The topological polar surface area (TPSA) is 105 Å².